The lowest BCUT2D eigenvalue weighted by molar-refractivity contribution is 0.0367. The second kappa shape index (κ2) is 0.725. The number of hydrogen-bond donors (Lipinski definition) is 0. The number of ether oxygens (including phenoxy) is 1. The first-order valence-electron chi connectivity index (χ1n) is 2.01. The Labute approximate surface area is 27.0 Å². The zero-order valence-corrected chi connectivity index (χ0v) is 2.40. The van der Waals surface area contributed by atoms with Gasteiger partial charge in [-0.05, 0) is 6.42 Å². The summed E-state index contributed by atoms with van der Waals surface area (Å²) in [6.45, 7) is 0.615. The predicted molar refractivity (Wildman–Crippen MR) is 15.4 cm³/mol. The van der Waals surface area contributed by atoms with Crippen molar-refractivity contribution in [3.63, 3.8) is 0 Å². The molecule has 1 atom stereocenters. The van der Waals surface area contributed by atoms with E-state index in [0.717, 1.165) is 13.0 Å². The lowest BCUT2D eigenvalue weighted by Crippen LogP contribution is -2.09. The van der Waals surface area contributed by atoms with Gasteiger partial charge < -0.3 is 4.74 Å². The Hall–Kier alpha value is -0.0400. The number of hydrogen-bond acceptors (Lipinski definition) is 1. The van der Waals surface area contributed by atoms with Crippen molar-refractivity contribution in [1.82, 2.24) is 0 Å². The summed E-state index contributed by atoms with van der Waals surface area (Å²) in [6.07, 6.45) is 0.931. The zero-order chi connectivity index (χ0) is 3.70. The minimum absolute atomic E-state index is 0.185. The second-order valence-electron chi connectivity index (χ2n) is 0.826. The molecule has 1 heteroatoms. The third-order valence-electron chi connectivity index (χ3n) is 0.471. The lowest BCUT2D eigenvalue weighted by Gasteiger charge is -2.09. The molecule has 1 rings (SSSR count). The van der Waals surface area contributed by atoms with Crippen LogP contribution in [0.4, 0.5) is 0 Å². The first-order valence-corrected chi connectivity index (χ1v) is 1.43. The van der Waals surface area contributed by atoms with Crippen molar-refractivity contribution in [2.45, 2.75) is 6.42 Å². The molecule has 0 amide bonds. The smallest absolute Gasteiger partial charge is 0.0567 e. The van der Waals surface area contributed by atoms with Crippen LogP contribution in [0.3, 0.4) is 0 Å². The summed E-state index contributed by atoms with van der Waals surface area (Å²) in [6, 6.07) is 0. The highest BCUT2D eigenvalue weighted by Gasteiger charge is 1.94. The monoisotopic (exact) mass is 59.0 g/mol. The molecule has 0 N–H and O–H groups in total. The fraction of sp³-hybridized carbons (Fsp3) is 1.00. The molecule has 1 heterocycles. The van der Waals surface area contributed by atoms with Crippen molar-refractivity contribution in [3.8, 4) is 0 Å². The standard InChI is InChI=1S/C3H6O/c1-2-4-3-1/h1-3H2/i2D. The highest BCUT2D eigenvalue weighted by molar-refractivity contribution is 4.41. The summed E-state index contributed by atoms with van der Waals surface area (Å²) < 4.78 is 11.3. The van der Waals surface area contributed by atoms with Gasteiger partial charge in [-0.1, -0.05) is 0 Å². The Kier molecular flexibility index (Phi) is 0.256. The predicted octanol–water partition coefficient (Wildman–Crippen LogP) is 0.407. The lowest BCUT2D eigenvalue weighted by atomic mass is 10.4. The maximum absolute atomic E-state index is 6.69. The molecule has 1 nitrogen and oxygen atoms in total. The van der Waals surface area contributed by atoms with E-state index in [1.54, 1.807) is 0 Å². The molecular weight excluding hydrogens is 52.0 g/mol. The van der Waals surface area contributed by atoms with Crippen molar-refractivity contribution in [2.24, 2.45) is 0 Å². The van der Waals surface area contributed by atoms with Crippen molar-refractivity contribution in [3.05, 3.63) is 0 Å². The molecule has 4 heavy (non-hydrogen) atoms. The van der Waals surface area contributed by atoms with Crippen LogP contribution in [0, 0.1) is 0 Å². The Balaban J connectivity index is 2.08. The van der Waals surface area contributed by atoms with Crippen LogP contribution in [0.1, 0.15) is 7.79 Å². The molecule has 1 unspecified atom stereocenters. The van der Waals surface area contributed by atoms with Gasteiger partial charge in [0.1, 0.15) is 0 Å². The Morgan fingerprint density at radius 1 is 2.00 bits per heavy atom. The molecule has 0 aromatic carbocycles. The van der Waals surface area contributed by atoms with E-state index >= 15 is 0 Å². The topological polar surface area (TPSA) is 9.23 Å². The van der Waals surface area contributed by atoms with Gasteiger partial charge >= 0.3 is 0 Å². The van der Waals surface area contributed by atoms with E-state index < -0.39 is 0 Å². The molecule has 24 valence electrons. The van der Waals surface area contributed by atoms with Crippen LogP contribution in [-0.4, -0.2) is 13.2 Å². The van der Waals surface area contributed by atoms with Gasteiger partial charge in [-0.3, -0.25) is 0 Å². The Bertz CT molecular complexity index is 33.9. The molecule has 0 saturated carbocycles. The van der Waals surface area contributed by atoms with Gasteiger partial charge in [-0.2, -0.15) is 0 Å². The van der Waals surface area contributed by atoms with Crippen LogP contribution in [0.25, 0.3) is 0 Å². The average molecular weight is 59.1 g/mol. The van der Waals surface area contributed by atoms with E-state index in [0.29, 0.717) is 0 Å². The summed E-state index contributed by atoms with van der Waals surface area (Å²) in [5.41, 5.74) is 0. The molecular formula is C3H6O. The molecule has 0 aromatic heterocycles. The van der Waals surface area contributed by atoms with Crippen LogP contribution < -0.4 is 0 Å². The molecule has 1 aliphatic rings. The van der Waals surface area contributed by atoms with Crippen LogP contribution in [0.2, 0.25) is 0 Å². The van der Waals surface area contributed by atoms with Gasteiger partial charge in [-0.25, -0.2) is 0 Å². The first kappa shape index (κ1) is 1.41. The molecule has 1 saturated heterocycles. The second-order valence-corrected chi connectivity index (χ2v) is 0.826. The highest BCUT2D eigenvalue weighted by Crippen LogP contribution is 1.92. The van der Waals surface area contributed by atoms with Gasteiger partial charge in [0.2, 0.25) is 0 Å². The van der Waals surface area contributed by atoms with Gasteiger partial charge in [-0.15, -0.1) is 0 Å². The van der Waals surface area contributed by atoms with Crippen molar-refractivity contribution >= 4 is 0 Å². The molecule has 0 radical (unpaired) electrons. The van der Waals surface area contributed by atoms with E-state index in [9.17, 15) is 0 Å². The Morgan fingerprint density at radius 3 is 2.50 bits per heavy atom. The summed E-state index contributed by atoms with van der Waals surface area (Å²) in [5.74, 6) is 0. The quantitative estimate of drug-likeness (QED) is 0.392. The van der Waals surface area contributed by atoms with Crippen LogP contribution in [0.5, 0.6) is 0 Å². The normalized spacial score (nSPS) is 46.0. The van der Waals surface area contributed by atoms with Crippen molar-refractivity contribution in [2.75, 3.05) is 13.2 Å². The maximum Gasteiger partial charge on any atom is 0.0567 e. The highest BCUT2D eigenvalue weighted by atomic mass is 16.5. The fourth-order valence-corrected chi connectivity index (χ4v) is 0.118. The minimum atomic E-state index is -0.185. The molecule has 1 aliphatic heterocycles. The summed E-state index contributed by atoms with van der Waals surface area (Å²) in [4.78, 5) is 0. The third-order valence-corrected chi connectivity index (χ3v) is 0.471. The van der Waals surface area contributed by atoms with E-state index in [1.165, 1.54) is 0 Å². The Morgan fingerprint density at radius 2 is 2.50 bits per heavy atom. The van der Waals surface area contributed by atoms with Gasteiger partial charge in [0.15, 0.2) is 0 Å². The average Bonchev–Trinajstić information content (AvgIpc) is 1.30. The van der Waals surface area contributed by atoms with Crippen LogP contribution in [-0.2, 0) is 4.74 Å². The summed E-state index contributed by atoms with van der Waals surface area (Å²) in [5, 5.41) is 0. The van der Waals surface area contributed by atoms with E-state index in [4.69, 9.17) is 1.37 Å². The largest absolute Gasteiger partial charge is 0.381 e. The summed E-state index contributed by atoms with van der Waals surface area (Å²) >= 11 is 0. The SMILES string of the molecule is [2H]C1CCO1. The van der Waals surface area contributed by atoms with Gasteiger partial charge in [0.25, 0.3) is 0 Å². The van der Waals surface area contributed by atoms with E-state index in [-0.39, 0.29) is 6.58 Å². The van der Waals surface area contributed by atoms with E-state index in [1.807, 2.05) is 0 Å². The molecule has 0 spiro atoms. The molecule has 0 aromatic rings. The van der Waals surface area contributed by atoms with Gasteiger partial charge in [0, 0.05) is 13.2 Å². The third kappa shape index (κ3) is 0.115. The zero-order valence-electron chi connectivity index (χ0n) is 3.40. The molecule has 1 fully saturated rings. The fourth-order valence-electron chi connectivity index (χ4n) is 0.118. The molecule has 0 aliphatic carbocycles. The molecule has 0 bridgehead atoms. The maximum atomic E-state index is 6.69. The van der Waals surface area contributed by atoms with Crippen LogP contribution in [0.15, 0.2) is 0 Å². The summed E-state index contributed by atoms with van der Waals surface area (Å²) in [7, 11) is 0. The minimum Gasteiger partial charge on any atom is -0.381 e. The van der Waals surface area contributed by atoms with Crippen molar-refractivity contribution < 1.29 is 6.11 Å². The van der Waals surface area contributed by atoms with Crippen LogP contribution >= 0.6 is 0 Å². The number of rotatable bonds is 0. The van der Waals surface area contributed by atoms with Gasteiger partial charge in [0.05, 0.1) is 1.37 Å². The first-order chi connectivity index (χ1) is 2.39. The van der Waals surface area contributed by atoms with Crippen molar-refractivity contribution in [1.29, 1.82) is 0 Å². The van der Waals surface area contributed by atoms with E-state index in [2.05, 4.69) is 4.74 Å².